The molecule has 0 aliphatic carbocycles. The fourth-order valence-corrected chi connectivity index (χ4v) is 2.04. The second-order valence-corrected chi connectivity index (χ2v) is 4.16. The maximum atomic E-state index is 12.2. The number of carbonyl (C=O) groups is 1. The van der Waals surface area contributed by atoms with Crippen LogP contribution in [0.4, 0.5) is 5.69 Å². The summed E-state index contributed by atoms with van der Waals surface area (Å²) in [6.45, 7) is 1.71. The zero-order valence-electron chi connectivity index (χ0n) is 10.4. The number of hydrogen-bond acceptors (Lipinski definition) is 4. The summed E-state index contributed by atoms with van der Waals surface area (Å²) in [6.07, 6.45) is 0. The number of aryl methyl sites for hydroxylation is 1. The number of carbonyl (C=O) groups excluding carboxylic acids is 1. The molecule has 0 radical (unpaired) electrons. The smallest absolute Gasteiger partial charge is 0.331 e. The first kappa shape index (κ1) is 12.9. The zero-order chi connectivity index (χ0) is 14.2. The lowest BCUT2D eigenvalue weighted by Crippen LogP contribution is -2.42. The summed E-state index contributed by atoms with van der Waals surface area (Å²) in [7, 11) is 0. The Hall–Kier alpha value is -2.57. The van der Waals surface area contributed by atoms with Crippen LogP contribution in [0.15, 0.2) is 27.8 Å². The van der Waals surface area contributed by atoms with E-state index in [1.54, 1.807) is 19.1 Å². The molecule has 7 heteroatoms. The van der Waals surface area contributed by atoms with E-state index < -0.39 is 23.7 Å². The van der Waals surface area contributed by atoms with Crippen molar-refractivity contribution in [3.63, 3.8) is 0 Å². The number of nitrogen functional groups attached to an aromatic ring is 1. The first-order chi connectivity index (χ1) is 8.95. The molecule has 0 unspecified atom stereocenters. The predicted octanol–water partition coefficient (Wildman–Crippen LogP) is -0.749. The van der Waals surface area contributed by atoms with Gasteiger partial charge in [-0.3, -0.25) is 18.7 Å². The first-order valence-corrected chi connectivity index (χ1v) is 5.77. The number of primary amides is 1. The number of fused-ring (bicyclic) bond motifs is 1. The van der Waals surface area contributed by atoms with Crippen LogP contribution in [0.3, 0.4) is 0 Å². The van der Waals surface area contributed by atoms with Crippen LogP contribution in [0.2, 0.25) is 0 Å². The maximum absolute atomic E-state index is 12.2. The van der Waals surface area contributed by atoms with Gasteiger partial charge in [0.2, 0.25) is 5.91 Å². The summed E-state index contributed by atoms with van der Waals surface area (Å²) in [4.78, 5) is 35.3. The summed E-state index contributed by atoms with van der Waals surface area (Å²) in [6, 6.07) is 4.72. The summed E-state index contributed by atoms with van der Waals surface area (Å²) in [5, 5.41) is 0.294. The van der Waals surface area contributed by atoms with Crippen molar-refractivity contribution in [1.82, 2.24) is 9.13 Å². The van der Waals surface area contributed by atoms with Gasteiger partial charge >= 0.3 is 5.69 Å². The minimum absolute atomic E-state index is 0.294. The largest absolute Gasteiger partial charge is 0.399 e. The lowest BCUT2D eigenvalue weighted by Gasteiger charge is -2.11. The van der Waals surface area contributed by atoms with Crippen molar-refractivity contribution in [3.8, 4) is 0 Å². The predicted molar refractivity (Wildman–Crippen MR) is 71.7 cm³/mol. The molecular formula is C12H14N4O3. The SMILES string of the molecule is CCn1c(=O)n(CC(N)=O)c(=O)c2cc(N)ccc21. The van der Waals surface area contributed by atoms with Gasteiger partial charge < -0.3 is 11.5 Å². The van der Waals surface area contributed by atoms with E-state index in [-0.39, 0.29) is 0 Å². The number of anilines is 1. The number of nitrogens with zero attached hydrogens (tertiary/aromatic N) is 2. The highest BCUT2D eigenvalue weighted by Gasteiger charge is 2.13. The maximum Gasteiger partial charge on any atom is 0.331 e. The Balaban J connectivity index is 2.95. The van der Waals surface area contributed by atoms with Crippen molar-refractivity contribution < 1.29 is 4.79 Å². The summed E-state index contributed by atoms with van der Waals surface area (Å²) >= 11 is 0. The highest BCUT2D eigenvalue weighted by atomic mass is 16.2. The van der Waals surface area contributed by atoms with Crippen LogP contribution in [0.1, 0.15) is 6.92 Å². The van der Waals surface area contributed by atoms with Gasteiger partial charge in [0.05, 0.1) is 10.9 Å². The second kappa shape index (κ2) is 4.60. The van der Waals surface area contributed by atoms with E-state index in [0.29, 0.717) is 23.1 Å². The van der Waals surface area contributed by atoms with Crippen LogP contribution >= 0.6 is 0 Å². The van der Waals surface area contributed by atoms with E-state index in [2.05, 4.69) is 0 Å². The molecule has 0 atom stereocenters. The van der Waals surface area contributed by atoms with E-state index in [1.165, 1.54) is 10.6 Å². The van der Waals surface area contributed by atoms with E-state index >= 15 is 0 Å². The Bertz CT molecular complexity index is 773. The molecular weight excluding hydrogens is 248 g/mol. The van der Waals surface area contributed by atoms with Crippen LogP contribution in [-0.2, 0) is 17.9 Å². The molecule has 1 aromatic carbocycles. The molecule has 4 N–H and O–H groups in total. The van der Waals surface area contributed by atoms with Gasteiger partial charge in [-0.25, -0.2) is 4.79 Å². The van der Waals surface area contributed by atoms with E-state index in [4.69, 9.17) is 11.5 Å². The second-order valence-electron chi connectivity index (χ2n) is 4.16. The Labute approximate surface area is 108 Å². The number of aromatic nitrogens is 2. The molecule has 0 spiro atoms. The Morgan fingerprint density at radius 2 is 1.95 bits per heavy atom. The third kappa shape index (κ3) is 2.10. The van der Waals surface area contributed by atoms with Gasteiger partial charge in [-0.1, -0.05) is 0 Å². The van der Waals surface area contributed by atoms with Crippen molar-refractivity contribution in [3.05, 3.63) is 39.0 Å². The van der Waals surface area contributed by atoms with Gasteiger partial charge in [-0.05, 0) is 25.1 Å². The van der Waals surface area contributed by atoms with Crippen LogP contribution in [-0.4, -0.2) is 15.0 Å². The molecule has 1 aromatic heterocycles. The van der Waals surface area contributed by atoms with Crippen LogP contribution < -0.4 is 22.7 Å². The zero-order valence-corrected chi connectivity index (χ0v) is 10.4. The quantitative estimate of drug-likeness (QED) is 0.708. The fourth-order valence-electron chi connectivity index (χ4n) is 2.04. The summed E-state index contributed by atoms with van der Waals surface area (Å²) in [5.41, 5.74) is 10.5. The van der Waals surface area contributed by atoms with E-state index in [1.807, 2.05) is 0 Å². The minimum Gasteiger partial charge on any atom is -0.399 e. The molecule has 0 fully saturated rings. The van der Waals surface area contributed by atoms with Crippen molar-refractivity contribution in [2.45, 2.75) is 20.0 Å². The van der Waals surface area contributed by atoms with E-state index in [9.17, 15) is 14.4 Å². The van der Waals surface area contributed by atoms with Gasteiger partial charge in [0.25, 0.3) is 5.56 Å². The molecule has 2 rings (SSSR count). The molecule has 1 heterocycles. The van der Waals surface area contributed by atoms with Gasteiger partial charge in [0, 0.05) is 12.2 Å². The lowest BCUT2D eigenvalue weighted by atomic mass is 10.2. The fraction of sp³-hybridized carbons (Fsp3) is 0.250. The molecule has 1 amide bonds. The third-order valence-corrected chi connectivity index (χ3v) is 2.88. The molecule has 0 saturated heterocycles. The van der Waals surface area contributed by atoms with E-state index in [0.717, 1.165) is 4.57 Å². The topological polar surface area (TPSA) is 113 Å². The van der Waals surface area contributed by atoms with Crippen LogP contribution in [0, 0.1) is 0 Å². The average molecular weight is 262 g/mol. The third-order valence-electron chi connectivity index (χ3n) is 2.88. The number of rotatable bonds is 3. The molecule has 100 valence electrons. The highest BCUT2D eigenvalue weighted by molar-refractivity contribution is 5.82. The first-order valence-electron chi connectivity index (χ1n) is 5.77. The molecule has 7 nitrogen and oxygen atoms in total. The number of benzene rings is 1. The Kier molecular flexibility index (Phi) is 3.12. The normalized spacial score (nSPS) is 10.8. The Morgan fingerprint density at radius 1 is 1.26 bits per heavy atom. The average Bonchev–Trinajstić information content (AvgIpc) is 2.36. The Morgan fingerprint density at radius 3 is 2.53 bits per heavy atom. The van der Waals surface area contributed by atoms with Crippen molar-refractivity contribution in [1.29, 1.82) is 0 Å². The molecule has 0 saturated carbocycles. The minimum atomic E-state index is -0.745. The monoisotopic (exact) mass is 262 g/mol. The summed E-state index contributed by atoms with van der Waals surface area (Å²) in [5.74, 6) is -0.745. The number of nitrogens with two attached hydrogens (primary N) is 2. The lowest BCUT2D eigenvalue weighted by molar-refractivity contribution is -0.118. The van der Waals surface area contributed by atoms with Crippen molar-refractivity contribution in [2.75, 3.05) is 5.73 Å². The van der Waals surface area contributed by atoms with Gasteiger partial charge in [0.15, 0.2) is 0 Å². The van der Waals surface area contributed by atoms with Crippen molar-refractivity contribution in [2.24, 2.45) is 5.73 Å². The van der Waals surface area contributed by atoms with Gasteiger partial charge in [-0.2, -0.15) is 0 Å². The van der Waals surface area contributed by atoms with Crippen LogP contribution in [0.5, 0.6) is 0 Å². The number of amides is 1. The number of hydrogen-bond donors (Lipinski definition) is 2. The molecule has 0 aliphatic heterocycles. The molecule has 19 heavy (non-hydrogen) atoms. The van der Waals surface area contributed by atoms with Crippen molar-refractivity contribution >= 4 is 22.5 Å². The molecule has 0 aliphatic rings. The van der Waals surface area contributed by atoms with Gasteiger partial charge in [-0.15, -0.1) is 0 Å². The molecule has 0 bridgehead atoms. The summed E-state index contributed by atoms with van der Waals surface area (Å²) < 4.78 is 2.23. The van der Waals surface area contributed by atoms with Crippen LogP contribution in [0.25, 0.3) is 10.9 Å². The molecule has 2 aromatic rings. The van der Waals surface area contributed by atoms with Gasteiger partial charge in [0.1, 0.15) is 6.54 Å². The highest BCUT2D eigenvalue weighted by Crippen LogP contribution is 2.12. The standard InChI is InChI=1S/C12H14N4O3/c1-2-15-9-4-3-7(13)5-8(9)11(18)16(12(15)19)6-10(14)17/h3-5H,2,6,13H2,1H3,(H2,14,17).